The van der Waals surface area contributed by atoms with E-state index in [2.05, 4.69) is 16.0 Å². The molecule has 1 spiro atoms. The van der Waals surface area contributed by atoms with Crippen LogP contribution in [0.2, 0.25) is 10.0 Å². The molecule has 226 valence electrons. The number of halogens is 3. The lowest BCUT2D eigenvalue weighted by Crippen LogP contribution is -2.49. The van der Waals surface area contributed by atoms with Gasteiger partial charge in [-0.3, -0.25) is 9.59 Å². The highest BCUT2D eigenvalue weighted by atomic mass is 35.5. The molecule has 3 aromatic rings. The van der Waals surface area contributed by atoms with Crippen molar-refractivity contribution in [1.82, 2.24) is 5.32 Å². The monoisotopic (exact) mass is 627 g/mol. The molecule has 2 amide bonds. The van der Waals surface area contributed by atoms with Gasteiger partial charge in [0.2, 0.25) is 11.8 Å². The molecule has 4 atom stereocenters. The van der Waals surface area contributed by atoms with Crippen molar-refractivity contribution in [2.45, 2.75) is 50.6 Å². The predicted octanol–water partition coefficient (Wildman–Crippen LogP) is 6.32. The Bertz CT molecular complexity index is 1600. The Labute approximate surface area is 259 Å². The molecule has 1 fully saturated rings. The quantitative estimate of drug-likeness (QED) is 0.276. The molecule has 2 heterocycles. The third-order valence-corrected chi connectivity index (χ3v) is 8.48. The Hall–Kier alpha value is -3.66. The average molecular weight is 629 g/mol. The van der Waals surface area contributed by atoms with E-state index in [1.165, 1.54) is 44.6 Å². The van der Waals surface area contributed by atoms with Crippen molar-refractivity contribution in [3.63, 3.8) is 0 Å². The van der Waals surface area contributed by atoms with Crippen LogP contribution in [0.1, 0.15) is 54.6 Å². The zero-order valence-corrected chi connectivity index (χ0v) is 25.8. The standard InChI is InChI=1S/C32H32Cl2FN3O5/c1-31(2,3)15-25-32(21-8-7-18(33)14-23(21)37-30(32)41)26(17-10-19(34)13-20(35)11-17)27(38-25)28(39)36-22-9-6-16(29(40)43-5)12-24(22)42-4/h6-14,25-27,38H,15H2,1-5H3,(H,36,39)(H,37,41)/t25-,26-,27+,32?/m0/s1. The van der Waals surface area contributed by atoms with Gasteiger partial charge in [0, 0.05) is 27.7 Å². The fourth-order valence-corrected chi connectivity index (χ4v) is 6.83. The van der Waals surface area contributed by atoms with Gasteiger partial charge in [-0.05, 0) is 71.5 Å². The van der Waals surface area contributed by atoms with Crippen LogP contribution in [0.15, 0.2) is 54.6 Å². The summed E-state index contributed by atoms with van der Waals surface area (Å²) in [4.78, 5) is 40.6. The lowest BCUT2D eigenvalue weighted by molar-refractivity contribution is -0.122. The van der Waals surface area contributed by atoms with E-state index in [0.29, 0.717) is 33.9 Å². The Morgan fingerprint density at radius 2 is 1.77 bits per heavy atom. The van der Waals surface area contributed by atoms with E-state index in [1.807, 2.05) is 20.8 Å². The molecule has 8 nitrogen and oxygen atoms in total. The summed E-state index contributed by atoms with van der Waals surface area (Å²) in [7, 11) is 2.68. The second-order valence-corrected chi connectivity index (χ2v) is 12.9. The minimum absolute atomic E-state index is 0.137. The van der Waals surface area contributed by atoms with E-state index in [1.54, 1.807) is 24.3 Å². The summed E-state index contributed by atoms with van der Waals surface area (Å²) in [5, 5.41) is 9.92. The molecule has 1 unspecified atom stereocenters. The zero-order chi connectivity index (χ0) is 31.3. The van der Waals surface area contributed by atoms with Gasteiger partial charge >= 0.3 is 5.97 Å². The van der Waals surface area contributed by atoms with Crippen molar-refractivity contribution in [2.24, 2.45) is 5.41 Å². The van der Waals surface area contributed by atoms with E-state index in [9.17, 15) is 18.8 Å². The van der Waals surface area contributed by atoms with Gasteiger partial charge in [0.25, 0.3) is 0 Å². The number of carbonyl (C=O) groups is 3. The van der Waals surface area contributed by atoms with Gasteiger partial charge < -0.3 is 25.4 Å². The van der Waals surface area contributed by atoms with Gasteiger partial charge in [-0.2, -0.15) is 0 Å². The van der Waals surface area contributed by atoms with E-state index in [-0.39, 0.29) is 27.7 Å². The van der Waals surface area contributed by atoms with Crippen LogP contribution in [0.3, 0.4) is 0 Å². The second kappa shape index (κ2) is 11.4. The predicted molar refractivity (Wildman–Crippen MR) is 164 cm³/mol. The fourth-order valence-electron chi connectivity index (χ4n) is 6.43. The number of esters is 1. The van der Waals surface area contributed by atoms with E-state index in [0.717, 1.165) is 0 Å². The van der Waals surface area contributed by atoms with Crippen molar-refractivity contribution in [1.29, 1.82) is 0 Å². The van der Waals surface area contributed by atoms with Gasteiger partial charge in [-0.25, -0.2) is 9.18 Å². The summed E-state index contributed by atoms with van der Waals surface area (Å²) in [5.74, 6) is -2.61. The van der Waals surface area contributed by atoms with E-state index < -0.39 is 41.1 Å². The average Bonchev–Trinajstić information content (AvgIpc) is 3.41. The Kier molecular flexibility index (Phi) is 8.19. The molecule has 43 heavy (non-hydrogen) atoms. The first kappa shape index (κ1) is 30.8. The van der Waals surface area contributed by atoms with Crippen LogP contribution in [0.25, 0.3) is 0 Å². The first-order chi connectivity index (χ1) is 20.3. The van der Waals surface area contributed by atoms with Crippen LogP contribution in [0, 0.1) is 11.2 Å². The van der Waals surface area contributed by atoms with Crippen LogP contribution in [-0.4, -0.2) is 44.1 Å². The summed E-state index contributed by atoms with van der Waals surface area (Å²) in [6.45, 7) is 6.15. The van der Waals surface area contributed by atoms with E-state index in [4.69, 9.17) is 32.7 Å². The van der Waals surface area contributed by atoms with Crippen molar-refractivity contribution in [3.8, 4) is 5.75 Å². The van der Waals surface area contributed by atoms with Crippen LogP contribution >= 0.6 is 23.2 Å². The van der Waals surface area contributed by atoms with Gasteiger partial charge in [0.1, 0.15) is 17.0 Å². The van der Waals surface area contributed by atoms with Crippen molar-refractivity contribution >= 4 is 52.4 Å². The molecule has 0 aliphatic carbocycles. The molecule has 3 aromatic carbocycles. The van der Waals surface area contributed by atoms with Gasteiger partial charge in [0.05, 0.1) is 31.5 Å². The number of methoxy groups -OCH3 is 2. The zero-order valence-electron chi connectivity index (χ0n) is 24.3. The third kappa shape index (κ3) is 5.57. The number of amides is 2. The Morgan fingerprint density at radius 1 is 1.02 bits per heavy atom. The molecule has 1 saturated heterocycles. The molecule has 5 rings (SSSR count). The topological polar surface area (TPSA) is 106 Å². The molecule has 3 N–H and O–H groups in total. The molecule has 11 heteroatoms. The van der Waals surface area contributed by atoms with Crippen LogP contribution in [0.5, 0.6) is 5.75 Å². The summed E-state index contributed by atoms with van der Waals surface area (Å²) in [6.07, 6.45) is 0.503. The van der Waals surface area contributed by atoms with E-state index >= 15 is 0 Å². The first-order valence-corrected chi connectivity index (χ1v) is 14.4. The SMILES string of the molecule is COC(=O)c1ccc(NC(=O)[C@@H]2N[C@@H](CC(C)(C)C)C3(C(=O)Nc4cc(Cl)ccc43)[C@H]2c2cc(F)cc(Cl)c2)c(OC)c1. The molecule has 0 radical (unpaired) electrons. The number of anilines is 2. The molecule has 0 aromatic heterocycles. The number of rotatable bonds is 6. The van der Waals surface area contributed by atoms with Crippen LogP contribution in [-0.2, 0) is 19.7 Å². The van der Waals surface area contributed by atoms with Crippen LogP contribution in [0.4, 0.5) is 15.8 Å². The molecule has 0 saturated carbocycles. The minimum atomic E-state index is -1.31. The van der Waals surface area contributed by atoms with Crippen LogP contribution < -0.4 is 20.7 Å². The third-order valence-electron chi connectivity index (χ3n) is 8.03. The number of benzene rings is 3. The maximum absolute atomic E-state index is 14.9. The lowest BCUT2D eigenvalue weighted by atomic mass is 9.62. The maximum atomic E-state index is 14.9. The first-order valence-electron chi connectivity index (χ1n) is 13.7. The summed E-state index contributed by atoms with van der Waals surface area (Å²) in [5.41, 5.74) is 0.546. The molecule has 2 aliphatic heterocycles. The molecular weight excluding hydrogens is 596 g/mol. The molecular formula is C32H32Cl2FN3O5. The highest BCUT2D eigenvalue weighted by Crippen LogP contribution is 2.57. The van der Waals surface area contributed by atoms with Gasteiger partial charge in [0.15, 0.2) is 0 Å². The highest BCUT2D eigenvalue weighted by molar-refractivity contribution is 6.31. The number of ether oxygens (including phenoxy) is 2. The lowest BCUT2D eigenvalue weighted by Gasteiger charge is -2.37. The number of nitrogens with one attached hydrogen (secondary N) is 3. The second-order valence-electron chi connectivity index (χ2n) is 12.1. The number of fused-ring (bicyclic) bond motifs is 2. The highest BCUT2D eigenvalue weighted by Gasteiger charge is 2.65. The maximum Gasteiger partial charge on any atom is 0.337 e. The normalized spacial score (nSPS) is 22.7. The molecule has 0 bridgehead atoms. The number of hydrogen-bond donors (Lipinski definition) is 3. The molecule has 2 aliphatic rings. The minimum Gasteiger partial charge on any atom is -0.495 e. The Morgan fingerprint density at radius 3 is 2.42 bits per heavy atom. The number of hydrogen-bond acceptors (Lipinski definition) is 6. The summed E-state index contributed by atoms with van der Waals surface area (Å²) in [6, 6.07) is 12.2. The fraction of sp³-hybridized carbons (Fsp3) is 0.344. The summed E-state index contributed by atoms with van der Waals surface area (Å²) >= 11 is 12.6. The van der Waals surface area contributed by atoms with Gasteiger partial charge in [-0.1, -0.05) is 50.0 Å². The number of carbonyl (C=O) groups excluding carboxylic acids is 3. The van der Waals surface area contributed by atoms with Gasteiger partial charge in [-0.15, -0.1) is 0 Å². The van der Waals surface area contributed by atoms with Crippen molar-refractivity contribution in [3.05, 3.63) is 87.2 Å². The Balaban J connectivity index is 1.68. The summed E-state index contributed by atoms with van der Waals surface area (Å²) < 4.78 is 25.1. The van der Waals surface area contributed by atoms with Crippen molar-refractivity contribution in [2.75, 3.05) is 24.9 Å². The largest absolute Gasteiger partial charge is 0.495 e. The smallest absolute Gasteiger partial charge is 0.337 e. The van der Waals surface area contributed by atoms with Crippen molar-refractivity contribution < 1.29 is 28.2 Å².